The fourth-order valence-electron chi connectivity index (χ4n) is 2.30. The molecule has 4 nitrogen and oxygen atoms in total. The van der Waals surface area contributed by atoms with E-state index >= 15 is 0 Å². The number of nitrogens with zero attached hydrogens (tertiary/aromatic N) is 3. The summed E-state index contributed by atoms with van der Waals surface area (Å²) >= 11 is 5.77. The third-order valence-electron chi connectivity index (χ3n) is 2.98. The number of hydrogen-bond donors (Lipinski definition) is 0. The van der Waals surface area contributed by atoms with Gasteiger partial charge in [-0.3, -0.25) is 0 Å². The van der Waals surface area contributed by atoms with Crippen molar-refractivity contribution in [3.63, 3.8) is 0 Å². The van der Waals surface area contributed by atoms with Crippen LogP contribution in [0.4, 0.5) is 5.82 Å². The molecule has 2 bridgehead atoms. The average molecular weight is 226 g/mol. The van der Waals surface area contributed by atoms with E-state index in [1.54, 1.807) is 6.20 Å². The van der Waals surface area contributed by atoms with E-state index in [1.165, 1.54) is 12.8 Å². The van der Waals surface area contributed by atoms with Gasteiger partial charge in [-0.2, -0.15) is 0 Å². The van der Waals surface area contributed by atoms with Crippen LogP contribution in [0.5, 0.6) is 0 Å². The number of ether oxygens (including phenoxy) is 1. The summed E-state index contributed by atoms with van der Waals surface area (Å²) in [7, 11) is 0. The van der Waals surface area contributed by atoms with E-state index in [9.17, 15) is 0 Å². The predicted octanol–water partition coefficient (Wildman–Crippen LogP) is 1.50. The van der Waals surface area contributed by atoms with Crippen LogP contribution in [0, 0.1) is 0 Å². The molecule has 5 heteroatoms. The monoisotopic (exact) mass is 225 g/mol. The molecule has 15 heavy (non-hydrogen) atoms. The van der Waals surface area contributed by atoms with Crippen molar-refractivity contribution in [3.8, 4) is 0 Å². The minimum atomic E-state index is 0.311. The van der Waals surface area contributed by atoms with Crippen LogP contribution < -0.4 is 4.90 Å². The molecule has 2 saturated heterocycles. The number of anilines is 1. The second kappa shape index (κ2) is 3.61. The van der Waals surface area contributed by atoms with Crippen molar-refractivity contribution in [2.75, 3.05) is 18.0 Å². The summed E-state index contributed by atoms with van der Waals surface area (Å²) in [5.41, 5.74) is 0. The lowest BCUT2D eigenvalue weighted by Crippen LogP contribution is -2.43. The SMILES string of the molecule is Clc1nccc(N2C[C@H]3CC[C@@H](C2)O3)n1. The number of fused-ring (bicyclic) bond motifs is 2. The van der Waals surface area contributed by atoms with Gasteiger partial charge in [0.2, 0.25) is 5.28 Å². The van der Waals surface area contributed by atoms with Crippen molar-refractivity contribution < 1.29 is 4.74 Å². The highest BCUT2D eigenvalue weighted by atomic mass is 35.5. The molecule has 1 aromatic rings. The first-order valence-electron chi connectivity index (χ1n) is 5.20. The number of aromatic nitrogens is 2. The quantitative estimate of drug-likeness (QED) is 0.679. The number of morpholine rings is 1. The fourth-order valence-corrected chi connectivity index (χ4v) is 2.45. The van der Waals surface area contributed by atoms with Gasteiger partial charge < -0.3 is 9.64 Å². The summed E-state index contributed by atoms with van der Waals surface area (Å²) in [5.74, 6) is 0.912. The van der Waals surface area contributed by atoms with E-state index in [2.05, 4.69) is 14.9 Å². The molecular formula is C10H12ClN3O. The molecule has 0 aromatic carbocycles. The molecule has 0 amide bonds. The summed E-state index contributed by atoms with van der Waals surface area (Å²) < 4.78 is 5.76. The Morgan fingerprint density at radius 3 is 2.73 bits per heavy atom. The normalized spacial score (nSPS) is 29.5. The lowest BCUT2D eigenvalue weighted by molar-refractivity contribution is 0.0302. The van der Waals surface area contributed by atoms with Crippen molar-refractivity contribution in [2.24, 2.45) is 0 Å². The van der Waals surface area contributed by atoms with Gasteiger partial charge in [0.05, 0.1) is 12.2 Å². The fraction of sp³-hybridized carbons (Fsp3) is 0.600. The van der Waals surface area contributed by atoms with Gasteiger partial charge in [-0.15, -0.1) is 0 Å². The maximum Gasteiger partial charge on any atom is 0.224 e. The highest BCUT2D eigenvalue weighted by Crippen LogP contribution is 2.28. The Kier molecular flexibility index (Phi) is 2.25. The summed E-state index contributed by atoms with van der Waals surface area (Å²) in [4.78, 5) is 10.3. The molecule has 2 atom stereocenters. The molecule has 0 radical (unpaired) electrons. The van der Waals surface area contributed by atoms with Crippen LogP contribution in [0.2, 0.25) is 5.28 Å². The first kappa shape index (κ1) is 9.36. The molecule has 0 spiro atoms. The Morgan fingerprint density at radius 1 is 1.33 bits per heavy atom. The molecular weight excluding hydrogens is 214 g/mol. The van der Waals surface area contributed by atoms with Crippen LogP contribution in [0.15, 0.2) is 12.3 Å². The maximum atomic E-state index is 5.77. The van der Waals surface area contributed by atoms with Crippen LogP contribution in [0.3, 0.4) is 0 Å². The molecule has 1 aromatic heterocycles. The number of rotatable bonds is 1. The highest BCUT2D eigenvalue weighted by Gasteiger charge is 2.34. The zero-order valence-corrected chi connectivity index (χ0v) is 9.02. The van der Waals surface area contributed by atoms with E-state index in [1.807, 2.05) is 6.07 Å². The molecule has 0 N–H and O–H groups in total. The Morgan fingerprint density at radius 2 is 2.07 bits per heavy atom. The zero-order valence-electron chi connectivity index (χ0n) is 8.27. The van der Waals surface area contributed by atoms with E-state index in [0.717, 1.165) is 18.9 Å². The van der Waals surface area contributed by atoms with E-state index in [4.69, 9.17) is 16.3 Å². The van der Waals surface area contributed by atoms with Gasteiger partial charge in [-0.25, -0.2) is 9.97 Å². The average Bonchev–Trinajstić information content (AvgIpc) is 2.58. The van der Waals surface area contributed by atoms with Crippen molar-refractivity contribution in [1.29, 1.82) is 0 Å². The van der Waals surface area contributed by atoms with E-state index < -0.39 is 0 Å². The van der Waals surface area contributed by atoms with Crippen LogP contribution in [-0.4, -0.2) is 35.3 Å². The summed E-state index contributed by atoms with van der Waals surface area (Å²) in [6.45, 7) is 1.84. The standard InChI is InChI=1S/C10H12ClN3O/c11-10-12-4-3-9(13-10)14-5-7-1-2-8(6-14)15-7/h3-4,7-8H,1-2,5-6H2/t7-,8+. The lowest BCUT2D eigenvalue weighted by Gasteiger charge is -2.32. The topological polar surface area (TPSA) is 38.2 Å². The van der Waals surface area contributed by atoms with Crippen LogP contribution in [0.25, 0.3) is 0 Å². The summed E-state index contributed by atoms with van der Waals surface area (Å²) in [6.07, 6.45) is 4.78. The Hall–Kier alpha value is -0.870. The largest absolute Gasteiger partial charge is 0.371 e. The Balaban J connectivity index is 1.83. The van der Waals surface area contributed by atoms with Crippen LogP contribution in [-0.2, 0) is 4.74 Å². The van der Waals surface area contributed by atoms with E-state index in [-0.39, 0.29) is 0 Å². The molecule has 80 valence electrons. The van der Waals surface area contributed by atoms with Gasteiger partial charge >= 0.3 is 0 Å². The first-order chi connectivity index (χ1) is 7.31. The second-order valence-electron chi connectivity index (χ2n) is 4.05. The molecule has 2 aliphatic heterocycles. The predicted molar refractivity (Wildman–Crippen MR) is 57.2 cm³/mol. The minimum Gasteiger partial charge on any atom is -0.371 e. The second-order valence-corrected chi connectivity index (χ2v) is 4.38. The van der Waals surface area contributed by atoms with Gasteiger partial charge in [-0.1, -0.05) is 0 Å². The van der Waals surface area contributed by atoms with Crippen LogP contribution >= 0.6 is 11.6 Å². The van der Waals surface area contributed by atoms with Gasteiger partial charge in [0.25, 0.3) is 0 Å². The molecule has 3 heterocycles. The van der Waals surface area contributed by atoms with Gasteiger partial charge in [0, 0.05) is 19.3 Å². The smallest absolute Gasteiger partial charge is 0.224 e. The third kappa shape index (κ3) is 1.79. The minimum absolute atomic E-state index is 0.311. The summed E-state index contributed by atoms with van der Waals surface area (Å²) in [5, 5.41) is 0.311. The molecule has 0 unspecified atom stereocenters. The molecule has 0 saturated carbocycles. The maximum absolute atomic E-state index is 5.77. The molecule has 2 aliphatic rings. The third-order valence-corrected chi connectivity index (χ3v) is 3.16. The first-order valence-corrected chi connectivity index (χ1v) is 5.58. The Bertz CT molecular complexity index is 361. The zero-order chi connectivity index (χ0) is 10.3. The number of halogens is 1. The van der Waals surface area contributed by atoms with Gasteiger partial charge in [-0.05, 0) is 30.5 Å². The molecule has 3 rings (SSSR count). The highest BCUT2D eigenvalue weighted by molar-refractivity contribution is 6.28. The molecule has 2 fully saturated rings. The lowest BCUT2D eigenvalue weighted by atomic mass is 10.2. The Labute approximate surface area is 93.2 Å². The van der Waals surface area contributed by atoms with Gasteiger partial charge in [0.15, 0.2) is 0 Å². The van der Waals surface area contributed by atoms with Gasteiger partial charge in [0.1, 0.15) is 5.82 Å². The summed E-state index contributed by atoms with van der Waals surface area (Å²) in [6, 6.07) is 1.90. The van der Waals surface area contributed by atoms with Crippen LogP contribution in [0.1, 0.15) is 12.8 Å². The van der Waals surface area contributed by atoms with Crippen molar-refractivity contribution in [3.05, 3.63) is 17.5 Å². The van der Waals surface area contributed by atoms with Crippen molar-refractivity contribution >= 4 is 17.4 Å². The van der Waals surface area contributed by atoms with Crippen molar-refractivity contribution in [2.45, 2.75) is 25.0 Å². The number of hydrogen-bond acceptors (Lipinski definition) is 4. The van der Waals surface area contributed by atoms with Crippen molar-refractivity contribution in [1.82, 2.24) is 9.97 Å². The van der Waals surface area contributed by atoms with E-state index in [0.29, 0.717) is 17.5 Å². The molecule has 0 aliphatic carbocycles.